The first-order valence-corrected chi connectivity index (χ1v) is 10.3. The fraction of sp³-hybridized carbons (Fsp3) is 0.429. The van der Waals surface area contributed by atoms with Gasteiger partial charge in [0.15, 0.2) is 5.78 Å². The minimum Gasteiger partial charge on any atom is -0.410 e. The first-order chi connectivity index (χ1) is 12.6. The van der Waals surface area contributed by atoms with Crippen LogP contribution in [0.4, 0.5) is 0 Å². The largest absolute Gasteiger partial charge is 0.410 e. The molecule has 0 aromatic heterocycles. The molecule has 2 N–H and O–H groups in total. The quantitative estimate of drug-likeness (QED) is 0.307. The summed E-state index contributed by atoms with van der Waals surface area (Å²) in [5.41, 5.74) is 2.63. The minimum absolute atomic E-state index is 0.0350. The first-order valence-electron chi connectivity index (χ1n) is 8.82. The number of nitrogens with zero attached hydrogens (tertiary/aromatic N) is 1. The summed E-state index contributed by atoms with van der Waals surface area (Å²) in [7, 11) is -4.02. The molecule has 0 saturated carbocycles. The predicted molar refractivity (Wildman–Crippen MR) is 110 cm³/mol. The number of carbonyl (C=O) groups is 1. The van der Waals surface area contributed by atoms with Gasteiger partial charge in [-0.25, -0.2) is 0 Å². The van der Waals surface area contributed by atoms with Gasteiger partial charge in [-0.15, -0.1) is 0 Å². The van der Waals surface area contributed by atoms with E-state index in [2.05, 4.69) is 5.16 Å². The van der Waals surface area contributed by atoms with Gasteiger partial charge >= 0.3 is 0 Å². The van der Waals surface area contributed by atoms with Crippen LogP contribution in [0.2, 0.25) is 0 Å². The second kappa shape index (κ2) is 8.41. The molecule has 0 spiro atoms. The highest BCUT2D eigenvalue weighted by atomic mass is 32.2. The molecule has 1 aliphatic rings. The number of carbonyl (C=O) groups excluding carboxylic acids is 1. The maximum absolute atomic E-state index is 11.7. The molecule has 2 rings (SSSR count). The molecule has 0 fully saturated rings. The summed E-state index contributed by atoms with van der Waals surface area (Å²) in [5, 5.41) is 12.6. The number of hydrogen-bond acceptors (Lipinski definition) is 5. The van der Waals surface area contributed by atoms with Crippen LogP contribution in [0.3, 0.4) is 0 Å². The number of rotatable bonds is 1. The number of hydrogen-bond donors (Lipinski definition) is 2. The van der Waals surface area contributed by atoms with E-state index in [0.29, 0.717) is 5.71 Å². The van der Waals surface area contributed by atoms with Gasteiger partial charge in [0, 0.05) is 0 Å². The van der Waals surface area contributed by atoms with Crippen LogP contribution >= 0.6 is 0 Å². The molecule has 1 aromatic carbocycles. The lowest BCUT2D eigenvalue weighted by Crippen LogP contribution is -2.29. The van der Waals surface area contributed by atoms with Gasteiger partial charge < -0.3 is 5.21 Å². The third-order valence-corrected chi connectivity index (χ3v) is 4.99. The number of allylic oxidation sites excluding steroid dienone is 4. The highest BCUT2D eigenvalue weighted by molar-refractivity contribution is 7.85. The smallest absolute Gasteiger partial charge is 0.294 e. The predicted octanol–water partition coefficient (Wildman–Crippen LogP) is 4.59. The van der Waals surface area contributed by atoms with Crippen molar-refractivity contribution in [2.75, 3.05) is 0 Å². The Labute approximate surface area is 167 Å². The Hall–Kier alpha value is -2.25. The standard InChI is InChI=1S/C14H21NO2.C7H8O3S/c1-13(2,3)10-7-9(16)8-11(12(10)15-17)14(4,5)6;1-6-2-4-7(5-3-6)11(8,9)10/h7-8,17H,1-6H3;2-5H,1H3,(H,8,9,10). The Morgan fingerprint density at radius 1 is 0.857 bits per heavy atom. The molecule has 0 aliphatic heterocycles. The van der Waals surface area contributed by atoms with E-state index in [9.17, 15) is 18.4 Å². The van der Waals surface area contributed by atoms with Crippen molar-refractivity contribution >= 4 is 21.6 Å². The molecule has 0 bridgehead atoms. The average Bonchev–Trinajstić information content (AvgIpc) is 2.52. The monoisotopic (exact) mass is 407 g/mol. The number of aryl methyl sites for hydroxylation is 1. The lowest BCUT2D eigenvalue weighted by Gasteiger charge is -2.32. The molecule has 154 valence electrons. The van der Waals surface area contributed by atoms with E-state index in [-0.39, 0.29) is 21.5 Å². The summed E-state index contributed by atoms with van der Waals surface area (Å²) >= 11 is 0. The van der Waals surface area contributed by atoms with Crippen molar-refractivity contribution in [1.29, 1.82) is 0 Å². The number of ketones is 1. The summed E-state index contributed by atoms with van der Waals surface area (Å²) in [6.07, 6.45) is 3.12. The summed E-state index contributed by atoms with van der Waals surface area (Å²) in [5.74, 6) is -0.0350. The van der Waals surface area contributed by atoms with Crippen molar-refractivity contribution in [3.05, 3.63) is 53.1 Å². The maximum Gasteiger partial charge on any atom is 0.294 e. The van der Waals surface area contributed by atoms with Gasteiger partial charge in [0.05, 0.1) is 4.90 Å². The Morgan fingerprint density at radius 3 is 1.54 bits per heavy atom. The fourth-order valence-electron chi connectivity index (χ4n) is 2.57. The maximum atomic E-state index is 11.7. The summed E-state index contributed by atoms with van der Waals surface area (Å²) < 4.78 is 29.6. The zero-order valence-electron chi connectivity index (χ0n) is 17.4. The molecule has 0 heterocycles. The summed E-state index contributed by atoms with van der Waals surface area (Å²) in [6, 6.07) is 5.99. The van der Waals surface area contributed by atoms with Gasteiger partial charge in [-0.1, -0.05) is 64.4 Å². The number of benzene rings is 1. The molecule has 0 unspecified atom stereocenters. The first kappa shape index (κ1) is 23.8. The molecule has 0 radical (unpaired) electrons. The van der Waals surface area contributed by atoms with E-state index in [1.54, 1.807) is 24.3 Å². The van der Waals surface area contributed by atoms with Crippen LogP contribution in [0.1, 0.15) is 47.1 Å². The van der Waals surface area contributed by atoms with Crippen molar-refractivity contribution in [3.63, 3.8) is 0 Å². The summed E-state index contributed by atoms with van der Waals surface area (Å²) in [4.78, 5) is 11.7. The van der Waals surface area contributed by atoms with Crippen molar-refractivity contribution in [2.45, 2.75) is 53.4 Å². The molecular weight excluding hydrogens is 378 g/mol. The van der Waals surface area contributed by atoms with Crippen LogP contribution in [0, 0.1) is 17.8 Å². The molecule has 6 nitrogen and oxygen atoms in total. The van der Waals surface area contributed by atoms with E-state index in [1.807, 2.05) is 48.5 Å². The highest BCUT2D eigenvalue weighted by Gasteiger charge is 2.33. The Balaban J connectivity index is 0.000000307. The normalized spacial score (nSPS) is 15.3. The summed E-state index contributed by atoms with van der Waals surface area (Å²) in [6.45, 7) is 13.9. The van der Waals surface area contributed by atoms with Crippen molar-refractivity contribution in [2.24, 2.45) is 16.0 Å². The molecule has 7 heteroatoms. The van der Waals surface area contributed by atoms with Crippen LogP contribution in [0.25, 0.3) is 0 Å². The van der Waals surface area contributed by atoms with E-state index >= 15 is 0 Å². The van der Waals surface area contributed by atoms with E-state index in [1.165, 1.54) is 12.1 Å². The SMILES string of the molecule is CC(C)(C)C1=CC(=O)C=C(C(C)(C)C)C1=NO.Cc1ccc(S(=O)(=O)O)cc1. The van der Waals surface area contributed by atoms with Gasteiger partial charge in [0.2, 0.25) is 0 Å². The molecule has 1 aliphatic carbocycles. The van der Waals surface area contributed by atoms with Crippen LogP contribution in [-0.2, 0) is 14.9 Å². The topological polar surface area (TPSA) is 104 Å². The fourth-order valence-corrected chi connectivity index (χ4v) is 3.05. The Kier molecular flexibility index (Phi) is 7.14. The van der Waals surface area contributed by atoms with Gasteiger partial charge in [-0.3, -0.25) is 9.35 Å². The van der Waals surface area contributed by atoms with Crippen LogP contribution in [-0.4, -0.2) is 29.7 Å². The zero-order chi connectivity index (χ0) is 21.9. The Bertz CT molecular complexity index is 886. The van der Waals surface area contributed by atoms with Crippen LogP contribution in [0.5, 0.6) is 0 Å². The van der Waals surface area contributed by atoms with Crippen molar-refractivity contribution in [3.8, 4) is 0 Å². The molecule has 1 aromatic rings. The third-order valence-electron chi connectivity index (χ3n) is 4.12. The highest BCUT2D eigenvalue weighted by Crippen LogP contribution is 2.37. The molecular formula is C21H29NO5S. The Morgan fingerprint density at radius 2 is 1.25 bits per heavy atom. The molecule has 0 atom stereocenters. The molecule has 0 amide bonds. The van der Waals surface area contributed by atoms with Crippen LogP contribution < -0.4 is 0 Å². The van der Waals surface area contributed by atoms with E-state index < -0.39 is 10.1 Å². The second-order valence-electron chi connectivity index (χ2n) is 8.76. The van der Waals surface area contributed by atoms with Gasteiger partial charge in [-0.05, 0) is 53.2 Å². The zero-order valence-corrected chi connectivity index (χ0v) is 18.3. The van der Waals surface area contributed by atoms with Gasteiger partial charge in [-0.2, -0.15) is 8.42 Å². The lowest BCUT2D eigenvalue weighted by atomic mass is 9.72. The third kappa shape index (κ3) is 6.42. The van der Waals surface area contributed by atoms with E-state index in [4.69, 9.17) is 4.55 Å². The van der Waals surface area contributed by atoms with E-state index in [0.717, 1.165) is 16.7 Å². The minimum atomic E-state index is -4.02. The van der Waals surface area contributed by atoms with Gasteiger partial charge in [0.25, 0.3) is 10.1 Å². The average molecular weight is 408 g/mol. The van der Waals surface area contributed by atoms with Gasteiger partial charge in [0.1, 0.15) is 5.71 Å². The molecule has 0 saturated heterocycles. The second-order valence-corrected chi connectivity index (χ2v) is 10.2. The molecule has 28 heavy (non-hydrogen) atoms. The van der Waals surface area contributed by atoms with Crippen molar-refractivity contribution in [1.82, 2.24) is 0 Å². The number of oxime groups is 1. The van der Waals surface area contributed by atoms with Crippen LogP contribution in [0.15, 0.2) is 57.6 Å². The lowest BCUT2D eigenvalue weighted by molar-refractivity contribution is -0.110. The van der Waals surface area contributed by atoms with Crippen molar-refractivity contribution < 1.29 is 23.0 Å².